The van der Waals surface area contributed by atoms with Gasteiger partial charge in [0.25, 0.3) is 0 Å². The van der Waals surface area contributed by atoms with Crippen LogP contribution in [0, 0.1) is 0 Å². The number of allylic oxidation sites excluding steroid dienone is 1. The molecular weight excluding hydrogens is 200 g/mol. The van der Waals surface area contributed by atoms with E-state index < -0.39 is 5.60 Å². The lowest BCUT2D eigenvalue weighted by molar-refractivity contribution is -0.128. The van der Waals surface area contributed by atoms with Crippen LogP contribution in [0.15, 0.2) is 34.6 Å². The third-order valence-electron chi connectivity index (χ3n) is 2.15. The smallest absolute Gasteiger partial charge is 0.224 e. The molecule has 2 rings (SSSR count). The number of hydrogen-bond donors (Lipinski definition) is 0. The van der Waals surface area contributed by atoms with Crippen LogP contribution in [0.4, 0.5) is 0 Å². The molecule has 1 aromatic rings. The molecule has 2 N–H and O–H groups in total. The second-order valence-electron chi connectivity index (χ2n) is 3.02. The van der Waals surface area contributed by atoms with Gasteiger partial charge in [0.1, 0.15) is 0 Å². The zero-order valence-corrected chi connectivity index (χ0v) is 7.80. The van der Waals surface area contributed by atoms with Gasteiger partial charge in [-0.1, -0.05) is 0 Å². The minimum absolute atomic E-state index is 0. The predicted molar refractivity (Wildman–Crippen MR) is 49.9 cm³/mol. The molecule has 0 aromatic carbocycles. The van der Waals surface area contributed by atoms with E-state index in [1.54, 1.807) is 18.2 Å². The average molecular weight is 210 g/mol. The first-order chi connectivity index (χ1) is 6.80. The Bertz CT molecular complexity index is 379. The summed E-state index contributed by atoms with van der Waals surface area (Å²) in [5.74, 6) is 0.592. The summed E-state index contributed by atoms with van der Waals surface area (Å²) in [6, 6.07) is 3.32. The zero-order chi connectivity index (χ0) is 10.0. The van der Waals surface area contributed by atoms with E-state index in [9.17, 15) is 9.59 Å². The lowest BCUT2D eigenvalue weighted by Gasteiger charge is -2.19. The van der Waals surface area contributed by atoms with Crippen molar-refractivity contribution >= 4 is 12.6 Å². The molecule has 5 heteroatoms. The molecule has 0 spiro atoms. The van der Waals surface area contributed by atoms with Gasteiger partial charge in [0.05, 0.1) is 6.26 Å². The number of furan rings is 1. The summed E-state index contributed by atoms with van der Waals surface area (Å²) in [6.45, 7) is 0. The van der Waals surface area contributed by atoms with Crippen molar-refractivity contribution in [3.63, 3.8) is 0 Å². The van der Waals surface area contributed by atoms with E-state index in [-0.39, 0.29) is 11.2 Å². The maximum absolute atomic E-state index is 11.0. The summed E-state index contributed by atoms with van der Waals surface area (Å²) in [5.41, 5.74) is -1.14. The molecule has 0 fully saturated rings. The van der Waals surface area contributed by atoms with E-state index in [1.165, 1.54) is 6.26 Å². The van der Waals surface area contributed by atoms with Crippen molar-refractivity contribution in [2.24, 2.45) is 0 Å². The van der Waals surface area contributed by atoms with Gasteiger partial charge in [0.2, 0.25) is 5.60 Å². The van der Waals surface area contributed by atoms with Gasteiger partial charge in [0.15, 0.2) is 24.1 Å². The highest BCUT2D eigenvalue weighted by atomic mass is 16.5. The van der Waals surface area contributed by atoms with Crippen LogP contribution in [0.5, 0.6) is 0 Å². The van der Waals surface area contributed by atoms with E-state index >= 15 is 0 Å². The van der Waals surface area contributed by atoms with E-state index in [0.717, 1.165) is 0 Å². The average Bonchev–Trinajstić information content (AvgIpc) is 2.87. The van der Waals surface area contributed by atoms with Crippen molar-refractivity contribution in [1.82, 2.24) is 0 Å². The Kier molecular flexibility index (Phi) is 3.06. The summed E-state index contributed by atoms with van der Waals surface area (Å²) in [4.78, 5) is 21.4. The molecule has 0 saturated carbocycles. The predicted octanol–water partition coefficient (Wildman–Crippen LogP) is 0.352. The van der Waals surface area contributed by atoms with Crippen LogP contribution < -0.4 is 0 Å². The minimum atomic E-state index is -1.14. The normalized spacial score (nSPS) is 23.6. The number of carbonyl (C=O) groups excluding carboxylic acids is 2. The van der Waals surface area contributed by atoms with Gasteiger partial charge in [-0.15, -0.1) is 0 Å². The van der Waals surface area contributed by atoms with Gasteiger partial charge in [-0.05, 0) is 18.2 Å². The third-order valence-corrected chi connectivity index (χ3v) is 2.15. The van der Waals surface area contributed by atoms with Crippen LogP contribution >= 0.6 is 0 Å². The fourth-order valence-corrected chi connectivity index (χ4v) is 1.42. The van der Waals surface area contributed by atoms with Gasteiger partial charge < -0.3 is 14.6 Å². The highest BCUT2D eigenvalue weighted by molar-refractivity contribution is 5.75. The number of rotatable bonds is 3. The largest absolute Gasteiger partial charge is 0.468 e. The zero-order valence-electron chi connectivity index (χ0n) is 7.80. The maximum atomic E-state index is 11.0. The molecule has 0 amide bonds. The van der Waals surface area contributed by atoms with Crippen LogP contribution in [0.3, 0.4) is 0 Å². The molecule has 5 nitrogen and oxygen atoms in total. The molecule has 1 aliphatic rings. The topological polar surface area (TPSA) is 88.0 Å². The van der Waals surface area contributed by atoms with Crippen LogP contribution in [0.2, 0.25) is 0 Å². The Hall–Kier alpha value is -1.88. The highest BCUT2D eigenvalue weighted by Crippen LogP contribution is 2.35. The van der Waals surface area contributed by atoms with Gasteiger partial charge in [0, 0.05) is 6.42 Å². The quantitative estimate of drug-likeness (QED) is 0.673. The summed E-state index contributed by atoms with van der Waals surface area (Å²) < 4.78 is 10.3. The maximum Gasteiger partial charge on any atom is 0.224 e. The molecule has 15 heavy (non-hydrogen) atoms. The number of ether oxygens (including phenoxy) is 1. The highest BCUT2D eigenvalue weighted by Gasteiger charge is 2.40. The third kappa shape index (κ3) is 1.69. The van der Waals surface area contributed by atoms with Gasteiger partial charge in [-0.25, -0.2) is 0 Å². The summed E-state index contributed by atoms with van der Waals surface area (Å²) in [7, 11) is 0. The summed E-state index contributed by atoms with van der Waals surface area (Å²) >= 11 is 0. The Labute approximate surface area is 85.6 Å². The number of aldehydes is 2. The molecule has 0 radical (unpaired) electrons. The first-order valence-corrected chi connectivity index (χ1v) is 4.15. The van der Waals surface area contributed by atoms with Crippen molar-refractivity contribution in [3.05, 3.63) is 36.0 Å². The molecule has 0 bridgehead atoms. The van der Waals surface area contributed by atoms with Crippen molar-refractivity contribution in [1.29, 1.82) is 0 Å². The summed E-state index contributed by atoms with van der Waals surface area (Å²) in [5, 5.41) is 0. The standard InChI is InChI=1S/C10H8O4.H2O/c11-6-8-3-4-10(7-12,14-8)9-2-1-5-13-9;/h1-3,5-7H,4H2;1H2. The number of carbonyl (C=O) groups is 2. The second-order valence-corrected chi connectivity index (χ2v) is 3.02. The fourth-order valence-electron chi connectivity index (χ4n) is 1.42. The first-order valence-electron chi connectivity index (χ1n) is 4.15. The van der Waals surface area contributed by atoms with E-state index in [2.05, 4.69) is 0 Å². The molecule has 1 aliphatic heterocycles. The van der Waals surface area contributed by atoms with Crippen LogP contribution in [0.1, 0.15) is 12.2 Å². The lowest BCUT2D eigenvalue weighted by atomic mass is 10.00. The van der Waals surface area contributed by atoms with Crippen LogP contribution in [0.25, 0.3) is 0 Å². The van der Waals surface area contributed by atoms with Gasteiger partial charge in [-0.3, -0.25) is 9.59 Å². The van der Waals surface area contributed by atoms with E-state index in [4.69, 9.17) is 9.15 Å². The number of hydrogen-bond acceptors (Lipinski definition) is 4. The van der Waals surface area contributed by atoms with Crippen molar-refractivity contribution in [2.45, 2.75) is 12.0 Å². The second kappa shape index (κ2) is 4.10. The Morgan fingerprint density at radius 3 is 2.67 bits per heavy atom. The van der Waals surface area contributed by atoms with Crippen LogP contribution in [-0.2, 0) is 19.9 Å². The molecular formula is C10H10O5. The molecule has 1 unspecified atom stereocenters. The molecule has 1 aromatic heterocycles. The van der Waals surface area contributed by atoms with Crippen LogP contribution in [-0.4, -0.2) is 18.0 Å². The Balaban J connectivity index is 0.00000112. The van der Waals surface area contributed by atoms with Gasteiger partial charge in [-0.2, -0.15) is 0 Å². The minimum Gasteiger partial charge on any atom is -0.468 e. The molecule has 2 heterocycles. The molecule has 1 atom stereocenters. The van der Waals surface area contributed by atoms with Crippen molar-refractivity contribution in [3.8, 4) is 0 Å². The van der Waals surface area contributed by atoms with Crippen molar-refractivity contribution < 1.29 is 24.2 Å². The molecule has 0 saturated heterocycles. The Morgan fingerprint density at radius 1 is 1.40 bits per heavy atom. The van der Waals surface area contributed by atoms with Gasteiger partial charge >= 0.3 is 0 Å². The summed E-state index contributed by atoms with van der Waals surface area (Å²) in [6.07, 6.45) is 4.60. The fraction of sp³-hybridized carbons (Fsp3) is 0.200. The Morgan fingerprint density at radius 2 is 2.20 bits per heavy atom. The first kappa shape index (κ1) is 11.2. The SMILES string of the molecule is O.O=CC1=CCC(C=O)(c2ccco2)O1. The van der Waals surface area contributed by atoms with E-state index in [0.29, 0.717) is 24.8 Å². The lowest BCUT2D eigenvalue weighted by Crippen LogP contribution is -2.26. The molecule has 0 aliphatic carbocycles. The van der Waals surface area contributed by atoms with Crippen molar-refractivity contribution in [2.75, 3.05) is 0 Å². The molecule has 80 valence electrons. The van der Waals surface area contributed by atoms with E-state index in [1.807, 2.05) is 0 Å². The monoisotopic (exact) mass is 210 g/mol.